The largest absolute Gasteiger partial charge is 0.456 e. The van der Waals surface area contributed by atoms with Crippen molar-refractivity contribution < 1.29 is 13.9 Å². The number of hydrogen-bond donors (Lipinski definition) is 0. The topological polar surface area (TPSA) is 53.2 Å². The molecule has 0 saturated carbocycles. The number of aromatic nitrogens is 2. The zero-order valence-electron chi connectivity index (χ0n) is 43.1. The number of thiophene rings is 1. The van der Waals surface area contributed by atoms with Crippen molar-refractivity contribution in [1.82, 2.24) is 9.13 Å². The van der Waals surface area contributed by atoms with Crippen LogP contribution in [0, 0.1) is 0 Å². The van der Waals surface area contributed by atoms with Gasteiger partial charge < -0.3 is 23.0 Å². The smallest absolute Gasteiger partial charge is 0.174 e. The monoisotopic (exact) mass is 1080 g/mol. The number of nitrogens with zero attached hydrogens (tertiary/aromatic N) is 2. The SMILES string of the molecule is O=P(c1ccccc1)(c1ccccc1)c1ccccc1Oc1ccccc1P(=O)(c1ccccc1)c1ccc(-c2ccc3c(c2)c2ccccc2n3-c2ccc3sc4ccc(-n5c6ccccc6c6ccccc65)cc4c3c2)cc1. The lowest BCUT2D eigenvalue weighted by atomic mass is 10.0. The van der Waals surface area contributed by atoms with E-state index in [9.17, 15) is 0 Å². The molecule has 0 fully saturated rings. The molecule has 5 nitrogen and oxygen atoms in total. The maximum Gasteiger partial charge on any atom is 0.174 e. The van der Waals surface area contributed by atoms with Gasteiger partial charge >= 0.3 is 0 Å². The van der Waals surface area contributed by atoms with E-state index in [1.165, 1.54) is 47.4 Å². The van der Waals surface area contributed by atoms with Gasteiger partial charge in [0.1, 0.15) is 11.5 Å². The summed E-state index contributed by atoms with van der Waals surface area (Å²) in [5.41, 5.74) is 8.96. The van der Waals surface area contributed by atoms with E-state index >= 15 is 9.13 Å². The Morgan fingerprint density at radius 1 is 0.287 bits per heavy atom. The molecule has 1 atom stereocenters. The van der Waals surface area contributed by atoms with Crippen LogP contribution >= 0.6 is 25.6 Å². The quantitative estimate of drug-likeness (QED) is 0.121. The summed E-state index contributed by atoms with van der Waals surface area (Å²) in [6.07, 6.45) is 0. The first kappa shape index (κ1) is 47.9. The number of benzene rings is 12. The van der Waals surface area contributed by atoms with E-state index in [1.807, 2.05) is 163 Å². The van der Waals surface area contributed by atoms with E-state index in [2.05, 4.69) is 149 Å². The second-order valence-corrected chi connectivity index (χ2v) is 26.8. The van der Waals surface area contributed by atoms with E-state index in [4.69, 9.17) is 4.74 Å². The first-order valence-corrected chi connectivity index (χ1v) is 31.0. The van der Waals surface area contributed by atoms with E-state index in [0.717, 1.165) is 38.9 Å². The zero-order chi connectivity index (χ0) is 53.4. The van der Waals surface area contributed by atoms with Gasteiger partial charge in [0.25, 0.3) is 0 Å². The van der Waals surface area contributed by atoms with Crippen molar-refractivity contribution in [2.75, 3.05) is 0 Å². The van der Waals surface area contributed by atoms with Crippen molar-refractivity contribution in [3.63, 3.8) is 0 Å². The summed E-state index contributed by atoms with van der Waals surface area (Å²) in [6, 6.07) is 98.7. The summed E-state index contributed by atoms with van der Waals surface area (Å²) in [7, 11) is -7.03. The van der Waals surface area contributed by atoms with Gasteiger partial charge in [-0.1, -0.05) is 200 Å². The summed E-state index contributed by atoms with van der Waals surface area (Å²) in [4.78, 5) is 0. The molecule has 0 aliphatic heterocycles. The van der Waals surface area contributed by atoms with Gasteiger partial charge in [-0.3, -0.25) is 0 Å². The van der Waals surface area contributed by atoms with Crippen molar-refractivity contribution in [2.45, 2.75) is 0 Å². The van der Waals surface area contributed by atoms with Crippen LogP contribution in [0.25, 0.3) is 86.3 Å². The maximum absolute atomic E-state index is 16.4. The Kier molecular flexibility index (Phi) is 11.5. The van der Waals surface area contributed by atoms with Crippen LogP contribution in [0.1, 0.15) is 0 Å². The van der Waals surface area contributed by atoms with Gasteiger partial charge in [0.2, 0.25) is 0 Å². The van der Waals surface area contributed by atoms with Gasteiger partial charge in [0, 0.05) is 74.3 Å². The first-order valence-electron chi connectivity index (χ1n) is 26.8. The van der Waals surface area contributed by atoms with Crippen molar-refractivity contribution >= 4 is 121 Å². The summed E-state index contributed by atoms with van der Waals surface area (Å²) in [5, 5.41) is 11.2. The van der Waals surface area contributed by atoms with Crippen LogP contribution in [0.3, 0.4) is 0 Å². The van der Waals surface area contributed by atoms with E-state index in [1.54, 1.807) is 0 Å². The summed E-state index contributed by atoms with van der Waals surface area (Å²) in [6.45, 7) is 0. The normalized spacial score (nSPS) is 12.7. The number of ether oxygens (including phenoxy) is 1. The maximum atomic E-state index is 16.4. The fourth-order valence-corrected chi connectivity index (χ4v) is 18.6. The van der Waals surface area contributed by atoms with Crippen LogP contribution < -0.4 is 36.6 Å². The molecule has 15 rings (SSSR count). The number of rotatable bonds is 11. The number of hydrogen-bond acceptors (Lipinski definition) is 4. The van der Waals surface area contributed by atoms with Crippen LogP contribution in [-0.4, -0.2) is 9.13 Å². The van der Waals surface area contributed by atoms with Crippen molar-refractivity contribution in [1.29, 1.82) is 0 Å². The minimum absolute atomic E-state index is 0.432. The molecular weight excluding hydrogens is 1030 g/mol. The van der Waals surface area contributed by atoms with Crippen molar-refractivity contribution in [3.8, 4) is 34.0 Å². The molecule has 0 N–H and O–H groups in total. The van der Waals surface area contributed by atoms with E-state index in [0.29, 0.717) is 43.3 Å². The summed E-state index contributed by atoms with van der Waals surface area (Å²) < 4.78 is 46.4. The fourth-order valence-electron chi connectivity index (χ4n) is 12.0. The second kappa shape index (κ2) is 19.3. The number of para-hydroxylation sites is 5. The molecule has 0 radical (unpaired) electrons. The molecule has 0 amide bonds. The Morgan fingerprint density at radius 3 is 1.11 bits per heavy atom. The highest BCUT2D eigenvalue weighted by atomic mass is 32.1. The predicted octanol–water partition coefficient (Wildman–Crippen LogP) is 17.0. The Labute approximate surface area is 466 Å². The molecule has 3 aromatic heterocycles. The number of fused-ring (bicyclic) bond motifs is 9. The molecule has 80 heavy (non-hydrogen) atoms. The first-order chi connectivity index (χ1) is 39.4. The van der Waals surface area contributed by atoms with Crippen LogP contribution in [0.2, 0.25) is 0 Å². The third-order valence-corrected chi connectivity index (χ3v) is 23.1. The lowest BCUT2D eigenvalue weighted by Crippen LogP contribution is -2.27. The molecule has 8 heteroatoms. The second-order valence-electron chi connectivity index (χ2n) is 20.2. The van der Waals surface area contributed by atoms with Crippen LogP contribution in [0.4, 0.5) is 0 Å². The molecule has 0 aliphatic rings. The van der Waals surface area contributed by atoms with E-state index in [-0.39, 0.29) is 0 Å². The van der Waals surface area contributed by atoms with Gasteiger partial charge in [-0.2, -0.15) is 0 Å². The Balaban J connectivity index is 0.803. The van der Waals surface area contributed by atoms with Crippen LogP contribution in [-0.2, 0) is 9.13 Å². The average molecular weight is 1080 g/mol. The molecule has 0 spiro atoms. The Morgan fingerprint density at radius 2 is 0.650 bits per heavy atom. The van der Waals surface area contributed by atoms with Gasteiger partial charge in [0.15, 0.2) is 14.3 Å². The zero-order valence-corrected chi connectivity index (χ0v) is 45.7. The van der Waals surface area contributed by atoms with Crippen molar-refractivity contribution in [2.24, 2.45) is 0 Å². The summed E-state index contributed by atoms with van der Waals surface area (Å²) >= 11 is 1.84. The minimum atomic E-state index is -3.60. The lowest BCUT2D eigenvalue weighted by Gasteiger charge is -2.25. The Hall–Kier alpha value is -9.28. The standard InChI is InChI=1S/C72H48N2O3P2S/c75-78(53-20-4-1-5-21-53,54-22-6-2-7-23-54)69-34-18-16-32-67(69)77-68-33-17-19-35-70(68)79(76,55-24-8-3-9-25-55)56-41-36-49(37-42-56)50-38-43-66-60(46-50)59-28-12-15-31-65(59)74(66)52-40-45-72-62(48-52)61-47-51(39-44-71(61)80-72)73-63-29-13-10-26-57(63)58-27-11-14-30-64(58)73/h1-48H. The third kappa shape index (κ3) is 7.67. The van der Waals surface area contributed by atoms with Gasteiger partial charge in [-0.25, -0.2) is 0 Å². The molecule has 3 heterocycles. The molecule has 12 aromatic carbocycles. The lowest BCUT2D eigenvalue weighted by molar-refractivity contribution is 0.489. The molecule has 380 valence electrons. The Bertz CT molecular complexity index is 4890. The predicted molar refractivity (Wildman–Crippen MR) is 339 cm³/mol. The molecule has 0 saturated heterocycles. The highest BCUT2D eigenvalue weighted by Gasteiger charge is 2.36. The minimum Gasteiger partial charge on any atom is -0.456 e. The highest BCUT2D eigenvalue weighted by Crippen LogP contribution is 2.49. The summed E-state index contributed by atoms with van der Waals surface area (Å²) in [5.74, 6) is 0.870. The highest BCUT2D eigenvalue weighted by molar-refractivity contribution is 7.86. The fraction of sp³-hybridized carbons (Fsp3) is 0. The molecule has 0 bridgehead atoms. The molecular formula is C72H48N2O3P2S. The van der Waals surface area contributed by atoms with Gasteiger partial charge in [-0.15, -0.1) is 11.3 Å². The molecule has 15 aromatic rings. The van der Waals surface area contributed by atoms with Crippen LogP contribution in [0.15, 0.2) is 291 Å². The third-order valence-electron chi connectivity index (χ3n) is 15.8. The molecule has 0 aliphatic carbocycles. The van der Waals surface area contributed by atoms with Crippen molar-refractivity contribution in [3.05, 3.63) is 291 Å². The van der Waals surface area contributed by atoms with E-state index < -0.39 is 14.3 Å². The molecule has 1 unspecified atom stereocenters. The van der Waals surface area contributed by atoms with Gasteiger partial charge in [-0.05, 0) is 102 Å². The van der Waals surface area contributed by atoms with Gasteiger partial charge in [0.05, 0.1) is 32.7 Å². The van der Waals surface area contributed by atoms with Crippen LogP contribution in [0.5, 0.6) is 11.5 Å². The average Bonchev–Trinajstić information content (AvgIpc) is 4.38.